The first-order valence-electron chi connectivity index (χ1n) is 8.32. The van der Waals surface area contributed by atoms with Crippen LogP contribution in [0.4, 0.5) is 0 Å². The lowest BCUT2D eigenvalue weighted by Gasteiger charge is -2.39. The van der Waals surface area contributed by atoms with Crippen molar-refractivity contribution in [3.63, 3.8) is 0 Å². The fourth-order valence-electron chi connectivity index (χ4n) is 2.64. The highest BCUT2D eigenvalue weighted by molar-refractivity contribution is 4.49. The molecule has 0 aromatic heterocycles. The summed E-state index contributed by atoms with van der Waals surface area (Å²) in [6.45, 7) is 19.8. The summed E-state index contributed by atoms with van der Waals surface area (Å²) >= 11 is 0. The highest BCUT2D eigenvalue weighted by atomic mass is 16.0. The molecule has 0 aliphatic heterocycles. The third-order valence-electron chi connectivity index (χ3n) is 3.94. The third kappa shape index (κ3) is 15.6. The van der Waals surface area contributed by atoms with E-state index in [4.69, 9.17) is 11.8 Å². The monoisotopic (exact) mass is 304 g/mol. The van der Waals surface area contributed by atoms with Crippen molar-refractivity contribution in [1.29, 1.82) is 5.26 Å². The maximum Gasteiger partial charge on any atom is 0.0786 e. The van der Waals surface area contributed by atoms with Crippen LogP contribution in [0.2, 0.25) is 0 Å². The van der Waals surface area contributed by atoms with E-state index in [0.29, 0.717) is 0 Å². The minimum atomic E-state index is 0. The molecule has 0 saturated heterocycles. The van der Waals surface area contributed by atoms with E-state index in [-0.39, 0.29) is 11.0 Å². The normalized spacial score (nSPS) is 9.81. The molecule has 0 atom stereocenters. The van der Waals surface area contributed by atoms with Gasteiger partial charge in [-0.15, -0.1) is 0 Å². The largest absolute Gasteiger partial charge is 0.512 e. The van der Waals surface area contributed by atoms with Crippen molar-refractivity contribution in [2.75, 3.05) is 26.2 Å². The molecule has 0 bridgehead atoms. The van der Waals surface area contributed by atoms with Crippen LogP contribution in [0.1, 0.15) is 79.1 Å². The van der Waals surface area contributed by atoms with Crippen molar-refractivity contribution in [3.05, 3.63) is 6.57 Å². The predicted octanol–water partition coefficient (Wildman–Crippen LogP) is 3.45. The maximum absolute atomic E-state index is 6.25. The van der Waals surface area contributed by atoms with Crippen molar-refractivity contribution in [3.8, 4) is 0 Å². The Bertz CT molecular complexity index is 159. The Morgan fingerprint density at radius 2 is 0.762 bits per heavy atom. The second-order valence-electron chi connectivity index (χ2n) is 5.65. The number of hydrogen-bond acceptors (Lipinski definition) is 1. The van der Waals surface area contributed by atoms with Crippen LogP contribution >= 0.6 is 0 Å². The van der Waals surface area contributed by atoms with E-state index in [0.717, 1.165) is 0 Å². The van der Waals surface area contributed by atoms with Crippen molar-refractivity contribution in [2.45, 2.75) is 79.1 Å². The van der Waals surface area contributed by atoms with Crippen LogP contribution in [0.25, 0.3) is 0 Å². The lowest BCUT2D eigenvalue weighted by molar-refractivity contribution is -0.929. The second kappa shape index (κ2) is 21.7. The van der Waals surface area contributed by atoms with Crippen LogP contribution in [0.15, 0.2) is 0 Å². The van der Waals surface area contributed by atoms with Crippen molar-refractivity contribution < 1.29 is 15.4 Å². The topological polar surface area (TPSA) is 86.8 Å². The van der Waals surface area contributed by atoms with E-state index in [1.54, 1.807) is 0 Å². The molecule has 0 heterocycles. The average Bonchev–Trinajstić information content (AvgIpc) is 2.48. The van der Waals surface area contributed by atoms with E-state index in [2.05, 4.69) is 27.7 Å². The summed E-state index contributed by atoms with van der Waals surface area (Å²) in [5, 5.41) is 6.25. The van der Waals surface area contributed by atoms with E-state index in [9.17, 15) is 0 Å². The Balaban J connectivity index is -0.000000344. The molecule has 4 nitrogen and oxygen atoms in total. The Morgan fingerprint density at radius 3 is 0.905 bits per heavy atom. The first kappa shape index (κ1) is 28.5. The standard InChI is InChI=1S/C16H36N.CN.2H2O/c1-5-9-13-17(14-10-6-2,15-11-7-3)16-12-8-4;1-2;;/h5-16H2,1-4H3;;2*1H2/q+1;-1;;. The van der Waals surface area contributed by atoms with E-state index < -0.39 is 0 Å². The van der Waals surface area contributed by atoms with Gasteiger partial charge in [-0.25, -0.2) is 0 Å². The molecule has 130 valence electrons. The summed E-state index contributed by atoms with van der Waals surface area (Å²) < 4.78 is 1.42. The van der Waals surface area contributed by atoms with Gasteiger partial charge in [-0.1, -0.05) is 53.4 Å². The number of unbranched alkanes of at least 4 members (excludes halogenated alkanes) is 4. The molecule has 0 aliphatic carbocycles. The first-order valence-corrected chi connectivity index (χ1v) is 8.32. The minimum Gasteiger partial charge on any atom is -0.512 e. The quantitative estimate of drug-likeness (QED) is 0.401. The van der Waals surface area contributed by atoms with E-state index in [1.165, 1.54) is 82.0 Å². The van der Waals surface area contributed by atoms with Crippen molar-refractivity contribution >= 4 is 0 Å². The zero-order chi connectivity index (χ0) is 15.0. The highest BCUT2D eigenvalue weighted by Gasteiger charge is 2.24. The predicted molar refractivity (Wildman–Crippen MR) is 91.6 cm³/mol. The average molecular weight is 305 g/mol. The summed E-state index contributed by atoms with van der Waals surface area (Å²) in [6.07, 6.45) is 11.1. The van der Waals surface area contributed by atoms with E-state index >= 15 is 0 Å². The smallest absolute Gasteiger partial charge is 0.0786 e. The fourth-order valence-corrected chi connectivity index (χ4v) is 2.64. The molecule has 0 aromatic rings. The third-order valence-corrected chi connectivity index (χ3v) is 3.94. The molecular formula is C17H40N2O2. The first-order chi connectivity index (χ1) is 9.24. The van der Waals surface area contributed by atoms with Gasteiger partial charge in [-0.3, -0.25) is 0 Å². The molecule has 0 aromatic carbocycles. The summed E-state index contributed by atoms with van der Waals surface area (Å²) in [6, 6.07) is 0. The molecule has 0 radical (unpaired) electrons. The van der Waals surface area contributed by atoms with E-state index in [1.807, 2.05) is 0 Å². The molecular weight excluding hydrogens is 264 g/mol. The number of hydrogen-bond donors (Lipinski definition) is 0. The van der Waals surface area contributed by atoms with Crippen molar-refractivity contribution in [2.24, 2.45) is 0 Å². The van der Waals surface area contributed by atoms with Gasteiger partial charge in [0.2, 0.25) is 0 Å². The SMILES string of the molecule is CCCC[N+](CCCC)(CCCC)CCCC.O.O.[C-]#N. The lowest BCUT2D eigenvalue weighted by Crippen LogP contribution is -2.50. The second-order valence-corrected chi connectivity index (χ2v) is 5.65. The molecule has 0 fully saturated rings. The molecule has 21 heavy (non-hydrogen) atoms. The van der Waals surface area contributed by atoms with Gasteiger partial charge in [-0.2, -0.15) is 0 Å². The molecule has 0 unspecified atom stereocenters. The molecule has 0 aliphatic rings. The Kier molecular flexibility index (Phi) is 29.4. The minimum absolute atomic E-state index is 0. The van der Waals surface area contributed by atoms with Gasteiger partial charge in [0.05, 0.1) is 26.2 Å². The van der Waals surface area contributed by atoms with Crippen LogP contribution in [0.5, 0.6) is 0 Å². The molecule has 0 saturated carbocycles. The summed E-state index contributed by atoms with van der Waals surface area (Å²) in [5.41, 5.74) is 0. The van der Waals surface area contributed by atoms with Crippen molar-refractivity contribution in [1.82, 2.24) is 0 Å². The molecule has 4 N–H and O–H groups in total. The van der Waals surface area contributed by atoms with Gasteiger partial charge in [0.1, 0.15) is 0 Å². The molecule has 0 rings (SSSR count). The van der Waals surface area contributed by atoms with Gasteiger partial charge in [0.15, 0.2) is 0 Å². The highest BCUT2D eigenvalue weighted by Crippen LogP contribution is 2.16. The number of quaternary nitrogens is 1. The summed E-state index contributed by atoms with van der Waals surface area (Å²) in [4.78, 5) is 0. The van der Waals surface area contributed by atoms with Crippen LogP contribution in [0, 0.1) is 11.8 Å². The van der Waals surface area contributed by atoms with Gasteiger partial charge in [0, 0.05) is 0 Å². The van der Waals surface area contributed by atoms with Gasteiger partial charge >= 0.3 is 0 Å². The number of rotatable bonds is 12. The van der Waals surface area contributed by atoms with Crippen LogP contribution in [-0.2, 0) is 0 Å². The van der Waals surface area contributed by atoms with Crippen LogP contribution in [-0.4, -0.2) is 41.6 Å². The summed E-state index contributed by atoms with van der Waals surface area (Å²) in [7, 11) is 0. The Labute approximate surface area is 133 Å². The Hall–Kier alpha value is -0.630. The molecule has 0 spiro atoms. The number of nitrogens with zero attached hydrogens (tertiary/aromatic N) is 2. The van der Waals surface area contributed by atoms with Crippen LogP contribution < -0.4 is 0 Å². The fraction of sp³-hybridized carbons (Fsp3) is 0.941. The molecule has 4 heteroatoms. The van der Waals surface area contributed by atoms with Gasteiger partial charge in [0.25, 0.3) is 0 Å². The molecule has 0 amide bonds. The summed E-state index contributed by atoms with van der Waals surface area (Å²) in [5.74, 6) is 0. The van der Waals surface area contributed by atoms with Gasteiger partial charge in [-0.05, 0) is 25.7 Å². The van der Waals surface area contributed by atoms with Crippen LogP contribution in [0.3, 0.4) is 0 Å². The zero-order valence-corrected chi connectivity index (χ0v) is 14.9. The lowest BCUT2D eigenvalue weighted by atomic mass is 10.1. The maximum atomic E-state index is 6.25. The zero-order valence-electron chi connectivity index (χ0n) is 14.9. The Morgan fingerprint density at radius 1 is 0.571 bits per heavy atom. The van der Waals surface area contributed by atoms with Gasteiger partial charge < -0.3 is 27.3 Å².